The normalized spacial score (nSPS) is 10.3. The molecule has 0 unspecified atom stereocenters. The number of rotatable bonds is 3. The van der Waals surface area contributed by atoms with Gasteiger partial charge in [0.15, 0.2) is 11.6 Å². The van der Waals surface area contributed by atoms with E-state index in [-0.39, 0.29) is 5.75 Å². The van der Waals surface area contributed by atoms with E-state index in [2.05, 4.69) is 4.98 Å². The van der Waals surface area contributed by atoms with Crippen molar-refractivity contribution in [1.82, 2.24) is 4.98 Å². The van der Waals surface area contributed by atoms with Crippen LogP contribution in [0.3, 0.4) is 0 Å². The lowest BCUT2D eigenvalue weighted by molar-refractivity contribution is 0.427. The largest absolute Gasteiger partial charge is 0.436 e. The molecule has 0 aliphatic heterocycles. The predicted octanol–water partition coefficient (Wildman–Crippen LogP) is 3.13. The second-order valence-corrected chi connectivity index (χ2v) is 3.82. The molecule has 2 aromatic rings. The van der Waals surface area contributed by atoms with Gasteiger partial charge in [0.2, 0.25) is 5.88 Å². The number of hydrogen-bond donors (Lipinski definition) is 1. The summed E-state index contributed by atoms with van der Waals surface area (Å²) in [6, 6.07) is 7.60. The molecule has 0 radical (unpaired) electrons. The fraction of sp³-hybridized carbons (Fsp3) is 0.0833. The minimum atomic E-state index is -0.526. The van der Waals surface area contributed by atoms with Crippen LogP contribution in [-0.2, 0) is 6.54 Å². The van der Waals surface area contributed by atoms with Crippen LogP contribution in [0.2, 0.25) is 5.02 Å². The SMILES string of the molecule is NCc1ccc(Oc2ccc(Cl)cc2F)nc1. The Morgan fingerprint density at radius 1 is 1.29 bits per heavy atom. The molecule has 0 spiro atoms. The van der Waals surface area contributed by atoms with Gasteiger partial charge >= 0.3 is 0 Å². The Bertz CT molecular complexity index is 516. The maximum atomic E-state index is 13.4. The Morgan fingerprint density at radius 2 is 2.12 bits per heavy atom. The van der Waals surface area contributed by atoms with Crippen molar-refractivity contribution in [3.8, 4) is 11.6 Å². The number of ether oxygens (including phenoxy) is 1. The Labute approximate surface area is 103 Å². The zero-order valence-electron chi connectivity index (χ0n) is 8.86. The monoisotopic (exact) mass is 252 g/mol. The van der Waals surface area contributed by atoms with Crippen LogP contribution in [0.15, 0.2) is 36.5 Å². The van der Waals surface area contributed by atoms with Gasteiger partial charge in [-0.15, -0.1) is 0 Å². The first-order chi connectivity index (χ1) is 8.19. The molecule has 0 saturated heterocycles. The molecular formula is C12H10ClFN2O. The third kappa shape index (κ3) is 2.93. The van der Waals surface area contributed by atoms with Crippen LogP contribution in [-0.4, -0.2) is 4.98 Å². The van der Waals surface area contributed by atoms with Gasteiger partial charge in [0, 0.05) is 23.8 Å². The molecule has 0 aliphatic carbocycles. The van der Waals surface area contributed by atoms with Gasteiger partial charge in [-0.05, 0) is 23.8 Å². The van der Waals surface area contributed by atoms with Gasteiger partial charge < -0.3 is 10.5 Å². The first-order valence-corrected chi connectivity index (χ1v) is 5.35. The van der Waals surface area contributed by atoms with Crippen molar-refractivity contribution in [2.75, 3.05) is 0 Å². The summed E-state index contributed by atoms with van der Waals surface area (Å²) in [5.74, 6) is -0.131. The van der Waals surface area contributed by atoms with E-state index in [0.717, 1.165) is 5.56 Å². The maximum Gasteiger partial charge on any atom is 0.219 e. The Morgan fingerprint density at radius 3 is 2.71 bits per heavy atom. The number of nitrogens with two attached hydrogens (primary N) is 1. The van der Waals surface area contributed by atoms with Crippen molar-refractivity contribution in [1.29, 1.82) is 0 Å². The van der Waals surface area contributed by atoms with Crippen molar-refractivity contribution in [2.24, 2.45) is 5.73 Å². The highest BCUT2D eigenvalue weighted by molar-refractivity contribution is 6.30. The van der Waals surface area contributed by atoms with Crippen LogP contribution in [0.5, 0.6) is 11.6 Å². The van der Waals surface area contributed by atoms with Crippen LogP contribution < -0.4 is 10.5 Å². The minimum absolute atomic E-state index is 0.0856. The summed E-state index contributed by atoms with van der Waals surface area (Å²) in [6.45, 7) is 0.405. The second-order valence-electron chi connectivity index (χ2n) is 3.39. The van der Waals surface area contributed by atoms with E-state index < -0.39 is 5.82 Å². The van der Waals surface area contributed by atoms with E-state index in [4.69, 9.17) is 22.1 Å². The molecule has 0 bridgehead atoms. The van der Waals surface area contributed by atoms with Gasteiger partial charge in [-0.1, -0.05) is 17.7 Å². The molecule has 2 N–H and O–H groups in total. The first-order valence-electron chi connectivity index (χ1n) is 4.97. The molecule has 1 heterocycles. The van der Waals surface area contributed by atoms with Crippen LogP contribution in [0, 0.1) is 5.82 Å². The van der Waals surface area contributed by atoms with Crippen molar-refractivity contribution >= 4 is 11.6 Å². The fourth-order valence-electron chi connectivity index (χ4n) is 1.26. The Balaban J connectivity index is 2.19. The van der Waals surface area contributed by atoms with Gasteiger partial charge in [0.1, 0.15) is 0 Å². The summed E-state index contributed by atoms with van der Waals surface area (Å²) in [4.78, 5) is 4.01. The molecule has 0 amide bonds. The maximum absolute atomic E-state index is 13.4. The molecule has 1 aromatic heterocycles. The lowest BCUT2D eigenvalue weighted by Crippen LogP contribution is -1.97. The smallest absolute Gasteiger partial charge is 0.219 e. The van der Waals surface area contributed by atoms with Crippen molar-refractivity contribution < 1.29 is 9.13 Å². The van der Waals surface area contributed by atoms with E-state index >= 15 is 0 Å². The topological polar surface area (TPSA) is 48.1 Å². The average molecular weight is 253 g/mol. The summed E-state index contributed by atoms with van der Waals surface area (Å²) in [7, 11) is 0. The quantitative estimate of drug-likeness (QED) is 0.913. The summed E-state index contributed by atoms with van der Waals surface area (Å²) < 4.78 is 18.7. The molecule has 2 rings (SSSR count). The molecule has 0 saturated carbocycles. The third-order valence-corrected chi connectivity index (χ3v) is 2.38. The predicted molar refractivity (Wildman–Crippen MR) is 63.6 cm³/mol. The molecule has 1 aromatic carbocycles. The van der Waals surface area contributed by atoms with Crippen LogP contribution in [0.1, 0.15) is 5.56 Å². The number of pyridine rings is 1. The van der Waals surface area contributed by atoms with E-state index in [1.54, 1.807) is 24.4 Å². The van der Waals surface area contributed by atoms with Gasteiger partial charge in [-0.25, -0.2) is 9.37 Å². The lowest BCUT2D eigenvalue weighted by atomic mass is 10.3. The Kier molecular flexibility index (Phi) is 3.56. The van der Waals surface area contributed by atoms with E-state index in [1.807, 2.05) is 0 Å². The molecule has 3 nitrogen and oxygen atoms in total. The van der Waals surface area contributed by atoms with Gasteiger partial charge in [-0.3, -0.25) is 0 Å². The zero-order valence-corrected chi connectivity index (χ0v) is 9.62. The average Bonchev–Trinajstić information content (AvgIpc) is 2.34. The lowest BCUT2D eigenvalue weighted by Gasteiger charge is -2.06. The number of aromatic nitrogens is 1. The summed E-state index contributed by atoms with van der Waals surface area (Å²) in [5, 5.41) is 0.321. The number of hydrogen-bond acceptors (Lipinski definition) is 3. The fourth-order valence-corrected chi connectivity index (χ4v) is 1.42. The second kappa shape index (κ2) is 5.12. The molecule has 0 aliphatic rings. The summed E-state index contributed by atoms with van der Waals surface area (Å²) in [6.07, 6.45) is 1.59. The van der Waals surface area contributed by atoms with E-state index in [9.17, 15) is 4.39 Å². The standard InChI is InChI=1S/C12H10ClFN2O/c13-9-2-3-11(10(14)5-9)17-12-4-1-8(6-15)7-16-12/h1-5,7H,6,15H2. The number of benzene rings is 1. The molecule has 5 heteroatoms. The number of halogens is 2. The molecule has 17 heavy (non-hydrogen) atoms. The highest BCUT2D eigenvalue weighted by Crippen LogP contribution is 2.25. The third-order valence-electron chi connectivity index (χ3n) is 2.14. The molecular weight excluding hydrogens is 243 g/mol. The van der Waals surface area contributed by atoms with E-state index in [0.29, 0.717) is 17.4 Å². The van der Waals surface area contributed by atoms with Gasteiger partial charge in [0.05, 0.1) is 0 Å². The van der Waals surface area contributed by atoms with Crippen LogP contribution in [0.25, 0.3) is 0 Å². The molecule has 0 atom stereocenters. The van der Waals surface area contributed by atoms with Crippen molar-refractivity contribution in [2.45, 2.75) is 6.54 Å². The molecule has 0 fully saturated rings. The van der Waals surface area contributed by atoms with Gasteiger partial charge in [-0.2, -0.15) is 0 Å². The summed E-state index contributed by atoms with van der Waals surface area (Å²) >= 11 is 5.63. The Hall–Kier alpha value is -1.65. The van der Waals surface area contributed by atoms with Crippen LogP contribution in [0.4, 0.5) is 4.39 Å². The summed E-state index contributed by atoms with van der Waals surface area (Å²) in [5.41, 5.74) is 6.32. The highest BCUT2D eigenvalue weighted by Gasteiger charge is 2.06. The first kappa shape index (κ1) is 11.8. The minimum Gasteiger partial charge on any atom is -0.436 e. The number of nitrogens with zero attached hydrogens (tertiary/aromatic N) is 1. The molecule has 88 valence electrons. The van der Waals surface area contributed by atoms with Gasteiger partial charge in [0.25, 0.3) is 0 Å². The van der Waals surface area contributed by atoms with Crippen molar-refractivity contribution in [3.05, 3.63) is 52.9 Å². The highest BCUT2D eigenvalue weighted by atomic mass is 35.5. The van der Waals surface area contributed by atoms with E-state index in [1.165, 1.54) is 12.1 Å². The zero-order chi connectivity index (χ0) is 12.3. The van der Waals surface area contributed by atoms with Crippen LogP contribution >= 0.6 is 11.6 Å². The van der Waals surface area contributed by atoms with Crippen molar-refractivity contribution in [3.63, 3.8) is 0 Å².